The number of hydrogen-bond donors (Lipinski definition) is 1. The monoisotopic (exact) mass is 133 g/mol. The molecule has 2 heteroatoms. The van der Waals surface area contributed by atoms with Crippen LogP contribution in [0, 0.1) is 5.92 Å². The topological polar surface area (TPSA) is 26.0 Å². The molecular formula is C6H12ClN. The Bertz CT molecular complexity index is 103. The number of hydrogen-bond acceptors (Lipinski definition) is 1. The molecule has 0 aromatic carbocycles. The van der Waals surface area contributed by atoms with Crippen LogP contribution < -0.4 is 5.73 Å². The molecule has 2 aliphatic rings. The molecule has 2 atom stereocenters. The predicted octanol–water partition coefficient (Wildman–Crippen LogP) is 1.31. The molecule has 0 spiro atoms. The van der Waals surface area contributed by atoms with Crippen molar-refractivity contribution in [3.8, 4) is 0 Å². The van der Waals surface area contributed by atoms with Gasteiger partial charge in [-0.1, -0.05) is 6.42 Å². The molecule has 0 amide bonds. The van der Waals surface area contributed by atoms with Crippen molar-refractivity contribution in [1.82, 2.24) is 0 Å². The van der Waals surface area contributed by atoms with Crippen molar-refractivity contribution >= 4 is 12.4 Å². The van der Waals surface area contributed by atoms with Crippen molar-refractivity contribution in [2.45, 2.75) is 31.2 Å². The van der Waals surface area contributed by atoms with Gasteiger partial charge in [0, 0.05) is 5.54 Å². The highest BCUT2D eigenvalue weighted by Gasteiger charge is 2.53. The van der Waals surface area contributed by atoms with Gasteiger partial charge in [0.25, 0.3) is 0 Å². The van der Waals surface area contributed by atoms with Crippen LogP contribution in [0.5, 0.6) is 0 Å². The van der Waals surface area contributed by atoms with E-state index in [1.807, 2.05) is 0 Å². The Labute approximate surface area is 56.0 Å². The van der Waals surface area contributed by atoms with E-state index in [2.05, 4.69) is 0 Å². The summed E-state index contributed by atoms with van der Waals surface area (Å²) in [5.41, 5.74) is 6.21. The second-order valence-electron chi connectivity index (χ2n) is 3.03. The van der Waals surface area contributed by atoms with Gasteiger partial charge < -0.3 is 5.73 Å². The second kappa shape index (κ2) is 1.61. The first-order chi connectivity index (χ1) is 3.31. The maximum absolute atomic E-state index is 5.85. The van der Waals surface area contributed by atoms with Crippen LogP contribution >= 0.6 is 12.4 Å². The summed E-state index contributed by atoms with van der Waals surface area (Å²) in [5, 5.41) is 0. The second-order valence-corrected chi connectivity index (χ2v) is 3.03. The van der Waals surface area contributed by atoms with Crippen LogP contribution in [0.25, 0.3) is 0 Å². The van der Waals surface area contributed by atoms with Gasteiger partial charge in [0.2, 0.25) is 0 Å². The van der Waals surface area contributed by atoms with E-state index in [4.69, 9.17) is 5.73 Å². The Kier molecular flexibility index (Phi) is 1.28. The first-order valence-electron chi connectivity index (χ1n) is 3.10. The first kappa shape index (κ1) is 6.37. The van der Waals surface area contributed by atoms with E-state index in [-0.39, 0.29) is 12.4 Å². The largest absolute Gasteiger partial charge is 0.325 e. The normalized spacial score (nSPS) is 49.9. The molecule has 0 bridgehead atoms. The Morgan fingerprint density at radius 1 is 1.50 bits per heavy atom. The summed E-state index contributed by atoms with van der Waals surface area (Å²) in [6.45, 7) is 0. The molecule has 8 heavy (non-hydrogen) atoms. The van der Waals surface area contributed by atoms with E-state index < -0.39 is 0 Å². The van der Waals surface area contributed by atoms with Crippen LogP contribution in [0.1, 0.15) is 25.7 Å². The summed E-state index contributed by atoms with van der Waals surface area (Å²) in [4.78, 5) is 0. The molecule has 0 aromatic rings. The third kappa shape index (κ3) is 0.652. The van der Waals surface area contributed by atoms with Crippen molar-refractivity contribution in [3.63, 3.8) is 0 Å². The molecule has 0 unspecified atom stereocenters. The average molecular weight is 134 g/mol. The van der Waals surface area contributed by atoms with Gasteiger partial charge in [0.1, 0.15) is 0 Å². The minimum Gasteiger partial charge on any atom is -0.325 e. The molecule has 0 radical (unpaired) electrons. The number of halogens is 1. The Morgan fingerprint density at radius 2 is 2.25 bits per heavy atom. The SMILES string of the molecule is Cl.N[C@@]12CCC[C@@H]1C2. The van der Waals surface area contributed by atoms with E-state index in [1.54, 1.807) is 0 Å². The minimum atomic E-state index is 0. The highest BCUT2D eigenvalue weighted by molar-refractivity contribution is 5.85. The minimum absolute atomic E-state index is 0. The van der Waals surface area contributed by atoms with Crippen LogP contribution in [-0.2, 0) is 0 Å². The van der Waals surface area contributed by atoms with E-state index in [1.165, 1.54) is 25.7 Å². The number of fused-ring (bicyclic) bond motifs is 1. The van der Waals surface area contributed by atoms with Crippen molar-refractivity contribution in [3.05, 3.63) is 0 Å². The van der Waals surface area contributed by atoms with E-state index in [0.29, 0.717) is 5.54 Å². The molecule has 0 saturated heterocycles. The molecular weight excluding hydrogens is 122 g/mol. The summed E-state index contributed by atoms with van der Waals surface area (Å²) in [6.07, 6.45) is 5.43. The molecule has 2 N–H and O–H groups in total. The molecule has 0 aliphatic heterocycles. The summed E-state index contributed by atoms with van der Waals surface area (Å²) in [7, 11) is 0. The highest BCUT2D eigenvalue weighted by atomic mass is 35.5. The highest BCUT2D eigenvalue weighted by Crippen LogP contribution is 2.53. The quantitative estimate of drug-likeness (QED) is 0.530. The lowest BCUT2D eigenvalue weighted by Gasteiger charge is -1.97. The lowest BCUT2D eigenvalue weighted by Crippen LogP contribution is -2.20. The fourth-order valence-corrected chi connectivity index (χ4v) is 1.77. The van der Waals surface area contributed by atoms with Crippen molar-refractivity contribution in [2.24, 2.45) is 11.7 Å². The maximum atomic E-state index is 5.85. The van der Waals surface area contributed by atoms with Gasteiger partial charge in [0.15, 0.2) is 0 Å². The lowest BCUT2D eigenvalue weighted by atomic mass is 10.2. The van der Waals surface area contributed by atoms with Gasteiger partial charge in [-0.15, -0.1) is 12.4 Å². The van der Waals surface area contributed by atoms with Gasteiger partial charge in [0.05, 0.1) is 0 Å². The fourth-order valence-electron chi connectivity index (χ4n) is 1.77. The molecule has 2 aliphatic carbocycles. The Morgan fingerprint density at radius 3 is 2.38 bits per heavy atom. The van der Waals surface area contributed by atoms with Gasteiger partial charge in [-0.2, -0.15) is 0 Å². The van der Waals surface area contributed by atoms with Crippen molar-refractivity contribution in [2.75, 3.05) is 0 Å². The van der Waals surface area contributed by atoms with Gasteiger partial charge in [-0.05, 0) is 25.2 Å². The predicted molar refractivity (Wildman–Crippen MR) is 36.1 cm³/mol. The molecule has 0 heterocycles. The van der Waals surface area contributed by atoms with Crippen LogP contribution in [0.3, 0.4) is 0 Å². The summed E-state index contributed by atoms with van der Waals surface area (Å²) >= 11 is 0. The van der Waals surface area contributed by atoms with Crippen LogP contribution in [0.4, 0.5) is 0 Å². The maximum Gasteiger partial charge on any atom is 0.0186 e. The van der Waals surface area contributed by atoms with Crippen LogP contribution in [0.2, 0.25) is 0 Å². The molecule has 48 valence electrons. The number of nitrogens with two attached hydrogens (primary N) is 1. The lowest BCUT2D eigenvalue weighted by molar-refractivity contribution is 0.645. The van der Waals surface area contributed by atoms with Gasteiger partial charge in [-0.25, -0.2) is 0 Å². The van der Waals surface area contributed by atoms with E-state index in [9.17, 15) is 0 Å². The molecule has 2 rings (SSSR count). The van der Waals surface area contributed by atoms with E-state index in [0.717, 1.165) is 5.92 Å². The average Bonchev–Trinajstić information content (AvgIpc) is 2.09. The fraction of sp³-hybridized carbons (Fsp3) is 1.00. The summed E-state index contributed by atoms with van der Waals surface area (Å²) in [5.74, 6) is 0.937. The number of rotatable bonds is 0. The van der Waals surface area contributed by atoms with Crippen molar-refractivity contribution in [1.29, 1.82) is 0 Å². The molecule has 2 saturated carbocycles. The Hall–Kier alpha value is 0.250. The smallest absolute Gasteiger partial charge is 0.0186 e. The summed E-state index contributed by atoms with van der Waals surface area (Å²) < 4.78 is 0. The standard InChI is InChI=1S/C6H11N.ClH/c7-6-3-1-2-5(6)4-6;/h5H,1-4,7H2;1H/t5-,6-;/m1./s1. The van der Waals surface area contributed by atoms with Gasteiger partial charge >= 0.3 is 0 Å². The molecule has 0 aromatic heterocycles. The first-order valence-corrected chi connectivity index (χ1v) is 3.10. The molecule has 1 nitrogen and oxygen atoms in total. The summed E-state index contributed by atoms with van der Waals surface area (Å²) in [6, 6.07) is 0. The zero-order valence-corrected chi connectivity index (χ0v) is 5.71. The Balaban J connectivity index is 0.000000320. The third-order valence-electron chi connectivity index (χ3n) is 2.47. The zero-order chi connectivity index (χ0) is 4.91. The van der Waals surface area contributed by atoms with Crippen molar-refractivity contribution < 1.29 is 0 Å². The van der Waals surface area contributed by atoms with Crippen LogP contribution in [-0.4, -0.2) is 5.54 Å². The van der Waals surface area contributed by atoms with E-state index >= 15 is 0 Å². The third-order valence-corrected chi connectivity index (χ3v) is 2.47. The molecule has 2 fully saturated rings. The van der Waals surface area contributed by atoms with Gasteiger partial charge in [-0.3, -0.25) is 0 Å². The zero-order valence-electron chi connectivity index (χ0n) is 4.89. The van der Waals surface area contributed by atoms with Crippen LogP contribution in [0.15, 0.2) is 0 Å².